The van der Waals surface area contributed by atoms with E-state index in [0.29, 0.717) is 18.7 Å². The van der Waals surface area contributed by atoms with Gasteiger partial charge in [-0.1, -0.05) is 30.2 Å². The third kappa shape index (κ3) is 4.06. The Morgan fingerprint density at radius 3 is 2.22 bits per heavy atom. The second-order valence-corrected chi connectivity index (χ2v) is 9.08. The maximum absolute atomic E-state index is 13.0. The summed E-state index contributed by atoms with van der Waals surface area (Å²) in [5, 5.41) is 0. The van der Waals surface area contributed by atoms with E-state index in [-0.39, 0.29) is 10.8 Å². The molecule has 0 unspecified atom stereocenters. The van der Waals surface area contributed by atoms with Crippen LogP contribution in [0, 0.1) is 13.8 Å². The van der Waals surface area contributed by atoms with Crippen molar-refractivity contribution in [1.82, 2.24) is 4.31 Å². The van der Waals surface area contributed by atoms with E-state index >= 15 is 0 Å². The van der Waals surface area contributed by atoms with E-state index in [4.69, 9.17) is 0 Å². The first-order valence-electron chi connectivity index (χ1n) is 9.26. The summed E-state index contributed by atoms with van der Waals surface area (Å²) in [4.78, 5) is 14.8. The van der Waals surface area contributed by atoms with Gasteiger partial charge in [-0.3, -0.25) is 4.79 Å². The Hall–Kier alpha value is -2.18. The molecule has 1 aliphatic rings. The summed E-state index contributed by atoms with van der Waals surface area (Å²) < 4.78 is 27.4. The minimum absolute atomic E-state index is 0.190. The highest BCUT2D eigenvalue weighted by Gasteiger charge is 2.27. The molecule has 1 saturated heterocycles. The summed E-state index contributed by atoms with van der Waals surface area (Å²) in [6.07, 6.45) is 2.82. The van der Waals surface area contributed by atoms with E-state index in [1.807, 2.05) is 38.1 Å². The molecular formula is C21H26N2O3S. The lowest BCUT2D eigenvalue weighted by Crippen LogP contribution is -2.35. The third-order valence-corrected chi connectivity index (χ3v) is 7.01. The Labute approximate surface area is 161 Å². The van der Waals surface area contributed by atoms with Crippen LogP contribution >= 0.6 is 0 Å². The minimum Gasteiger partial charge on any atom is -0.311 e. The molecule has 0 N–H and O–H groups in total. The van der Waals surface area contributed by atoms with Gasteiger partial charge in [-0.2, -0.15) is 4.31 Å². The standard InChI is InChI=1S/C21H26N2O3S/c1-16-7-10-18(11-8-16)22(3)21(24)20-15-19(12-9-17(20)2)27(25,26)23-13-5-4-6-14-23/h7-12,15H,4-6,13-14H2,1-3H3. The van der Waals surface area contributed by atoms with Gasteiger partial charge in [0.2, 0.25) is 10.0 Å². The van der Waals surface area contributed by atoms with E-state index in [1.54, 1.807) is 24.1 Å². The molecule has 0 aromatic heterocycles. The van der Waals surface area contributed by atoms with Crippen LogP contribution in [0.5, 0.6) is 0 Å². The molecule has 1 heterocycles. The smallest absolute Gasteiger partial charge is 0.258 e. The Bertz CT molecular complexity index is 930. The first-order chi connectivity index (χ1) is 12.8. The van der Waals surface area contributed by atoms with Gasteiger partial charge in [0, 0.05) is 31.4 Å². The molecule has 1 fully saturated rings. The van der Waals surface area contributed by atoms with Crippen molar-refractivity contribution in [2.75, 3.05) is 25.0 Å². The fraction of sp³-hybridized carbons (Fsp3) is 0.381. The molecule has 1 amide bonds. The minimum atomic E-state index is -3.57. The predicted molar refractivity (Wildman–Crippen MR) is 108 cm³/mol. The molecule has 2 aromatic rings. The zero-order valence-electron chi connectivity index (χ0n) is 16.1. The molecule has 0 bridgehead atoms. The van der Waals surface area contributed by atoms with Gasteiger partial charge in [0.25, 0.3) is 5.91 Å². The molecule has 2 aromatic carbocycles. The van der Waals surface area contributed by atoms with Crippen LogP contribution in [0.2, 0.25) is 0 Å². The zero-order valence-corrected chi connectivity index (χ0v) is 16.9. The van der Waals surface area contributed by atoms with Crippen LogP contribution in [0.1, 0.15) is 40.7 Å². The van der Waals surface area contributed by atoms with Gasteiger partial charge in [-0.05, 0) is 56.5 Å². The Morgan fingerprint density at radius 2 is 1.59 bits per heavy atom. The van der Waals surface area contributed by atoms with E-state index in [0.717, 1.165) is 36.1 Å². The predicted octanol–water partition coefficient (Wildman–Crippen LogP) is 3.75. The van der Waals surface area contributed by atoms with Crippen LogP contribution in [-0.4, -0.2) is 38.8 Å². The van der Waals surface area contributed by atoms with Crippen molar-refractivity contribution in [3.63, 3.8) is 0 Å². The van der Waals surface area contributed by atoms with Gasteiger partial charge in [0.1, 0.15) is 0 Å². The number of rotatable bonds is 4. The lowest BCUT2D eigenvalue weighted by molar-refractivity contribution is 0.0992. The average Bonchev–Trinajstić information content (AvgIpc) is 2.68. The van der Waals surface area contributed by atoms with Crippen molar-refractivity contribution >= 4 is 21.6 Å². The maximum Gasteiger partial charge on any atom is 0.258 e. The van der Waals surface area contributed by atoms with Gasteiger partial charge in [0.15, 0.2) is 0 Å². The van der Waals surface area contributed by atoms with E-state index in [1.165, 1.54) is 10.4 Å². The van der Waals surface area contributed by atoms with Crippen molar-refractivity contribution in [2.24, 2.45) is 0 Å². The number of nitrogens with zero attached hydrogens (tertiary/aromatic N) is 2. The van der Waals surface area contributed by atoms with Gasteiger partial charge >= 0.3 is 0 Å². The third-order valence-electron chi connectivity index (χ3n) is 5.12. The van der Waals surface area contributed by atoms with Crippen molar-refractivity contribution in [3.8, 4) is 0 Å². The molecule has 0 atom stereocenters. The molecule has 3 rings (SSSR count). The van der Waals surface area contributed by atoms with E-state index in [9.17, 15) is 13.2 Å². The highest BCUT2D eigenvalue weighted by atomic mass is 32.2. The summed E-state index contributed by atoms with van der Waals surface area (Å²) in [6.45, 7) is 4.91. The van der Waals surface area contributed by atoms with Crippen LogP contribution < -0.4 is 4.90 Å². The van der Waals surface area contributed by atoms with Crippen LogP contribution in [0.15, 0.2) is 47.4 Å². The molecule has 0 spiro atoms. The molecule has 1 aliphatic heterocycles. The zero-order chi connectivity index (χ0) is 19.6. The fourth-order valence-corrected chi connectivity index (χ4v) is 4.86. The number of benzene rings is 2. The molecule has 27 heavy (non-hydrogen) atoms. The van der Waals surface area contributed by atoms with E-state index in [2.05, 4.69) is 0 Å². The summed E-state index contributed by atoms with van der Waals surface area (Å²) in [5.41, 5.74) is 3.06. The number of carbonyl (C=O) groups excluding carboxylic acids is 1. The lowest BCUT2D eigenvalue weighted by atomic mass is 10.1. The number of hydrogen-bond acceptors (Lipinski definition) is 3. The van der Waals surface area contributed by atoms with Crippen LogP contribution in [-0.2, 0) is 10.0 Å². The number of sulfonamides is 1. The van der Waals surface area contributed by atoms with Crippen LogP contribution in [0.3, 0.4) is 0 Å². The SMILES string of the molecule is Cc1ccc(N(C)C(=O)c2cc(S(=O)(=O)N3CCCCC3)ccc2C)cc1. The second kappa shape index (κ2) is 7.82. The van der Waals surface area contributed by atoms with Gasteiger partial charge in [-0.25, -0.2) is 8.42 Å². The molecule has 5 nitrogen and oxygen atoms in total. The Balaban J connectivity index is 1.93. The fourth-order valence-electron chi connectivity index (χ4n) is 3.31. The number of aryl methyl sites for hydroxylation is 2. The summed E-state index contributed by atoms with van der Waals surface area (Å²) in [7, 11) is -1.86. The Morgan fingerprint density at radius 1 is 0.963 bits per heavy atom. The first-order valence-corrected chi connectivity index (χ1v) is 10.7. The molecular weight excluding hydrogens is 360 g/mol. The normalized spacial score (nSPS) is 15.5. The molecule has 0 saturated carbocycles. The van der Waals surface area contributed by atoms with Crippen LogP contribution in [0.4, 0.5) is 5.69 Å². The monoisotopic (exact) mass is 386 g/mol. The number of hydrogen-bond donors (Lipinski definition) is 0. The number of anilines is 1. The summed E-state index contributed by atoms with van der Waals surface area (Å²) in [5.74, 6) is -0.216. The van der Waals surface area contributed by atoms with Gasteiger partial charge < -0.3 is 4.90 Å². The molecule has 6 heteroatoms. The number of amides is 1. The van der Waals surface area contributed by atoms with Gasteiger partial charge in [-0.15, -0.1) is 0 Å². The summed E-state index contributed by atoms with van der Waals surface area (Å²) in [6, 6.07) is 12.5. The average molecular weight is 387 g/mol. The topological polar surface area (TPSA) is 57.7 Å². The first kappa shape index (κ1) is 19.6. The highest BCUT2D eigenvalue weighted by Crippen LogP contribution is 2.24. The van der Waals surface area contributed by atoms with Crippen molar-refractivity contribution < 1.29 is 13.2 Å². The van der Waals surface area contributed by atoms with Crippen LogP contribution in [0.25, 0.3) is 0 Å². The molecule has 144 valence electrons. The maximum atomic E-state index is 13.0. The highest BCUT2D eigenvalue weighted by molar-refractivity contribution is 7.89. The van der Waals surface area contributed by atoms with Crippen molar-refractivity contribution in [1.29, 1.82) is 0 Å². The molecule has 0 radical (unpaired) electrons. The second-order valence-electron chi connectivity index (χ2n) is 7.14. The molecule has 0 aliphatic carbocycles. The number of piperidine rings is 1. The lowest BCUT2D eigenvalue weighted by Gasteiger charge is -2.26. The van der Waals surface area contributed by atoms with Crippen molar-refractivity contribution in [3.05, 3.63) is 59.2 Å². The van der Waals surface area contributed by atoms with Crippen molar-refractivity contribution in [2.45, 2.75) is 38.0 Å². The summed E-state index contributed by atoms with van der Waals surface area (Å²) >= 11 is 0. The quantitative estimate of drug-likeness (QED) is 0.804. The number of carbonyl (C=O) groups is 1. The van der Waals surface area contributed by atoms with Gasteiger partial charge in [0.05, 0.1) is 4.90 Å². The largest absolute Gasteiger partial charge is 0.311 e. The van der Waals surface area contributed by atoms with E-state index < -0.39 is 10.0 Å². The Kier molecular flexibility index (Phi) is 5.67.